The van der Waals surface area contributed by atoms with Gasteiger partial charge in [0, 0.05) is 32.7 Å². The first kappa shape index (κ1) is 18.0. The second kappa shape index (κ2) is 7.05. The summed E-state index contributed by atoms with van der Waals surface area (Å²) in [6.45, 7) is 8.79. The van der Waals surface area contributed by atoms with Crippen LogP contribution in [-0.4, -0.2) is 77.4 Å². The van der Waals surface area contributed by atoms with E-state index in [9.17, 15) is 14.7 Å². The number of nitrogens with one attached hydrogen (secondary N) is 1. The lowest BCUT2D eigenvalue weighted by atomic mass is 9.90. The molecule has 2 heterocycles. The molecule has 2 amide bonds. The Balaban J connectivity index is 1.79. The predicted molar refractivity (Wildman–Crippen MR) is 86.1 cm³/mol. The summed E-state index contributed by atoms with van der Waals surface area (Å²) in [5.41, 5.74) is -1.45. The van der Waals surface area contributed by atoms with Crippen molar-refractivity contribution < 1.29 is 19.4 Å². The number of rotatable bonds is 2. The molecule has 0 saturated carbocycles. The Labute approximate surface area is 138 Å². The van der Waals surface area contributed by atoms with Gasteiger partial charge >= 0.3 is 6.09 Å². The number of amides is 2. The first-order valence-electron chi connectivity index (χ1n) is 8.37. The van der Waals surface area contributed by atoms with Gasteiger partial charge in [0.15, 0.2) is 0 Å². The third-order valence-corrected chi connectivity index (χ3v) is 4.21. The van der Waals surface area contributed by atoms with Crippen LogP contribution in [0.2, 0.25) is 0 Å². The average Bonchev–Trinajstić information content (AvgIpc) is 2.46. The van der Waals surface area contributed by atoms with Crippen molar-refractivity contribution in [1.82, 2.24) is 15.1 Å². The normalized spacial score (nSPS) is 26.1. The lowest BCUT2D eigenvalue weighted by molar-refractivity contribution is -0.138. The largest absolute Gasteiger partial charge is 0.444 e. The highest BCUT2D eigenvalue weighted by atomic mass is 16.6. The van der Waals surface area contributed by atoms with Gasteiger partial charge < -0.3 is 25.0 Å². The zero-order valence-electron chi connectivity index (χ0n) is 14.4. The van der Waals surface area contributed by atoms with Gasteiger partial charge in [0.2, 0.25) is 5.91 Å². The molecule has 0 spiro atoms. The Morgan fingerprint density at radius 1 is 1.17 bits per heavy atom. The lowest BCUT2D eigenvalue weighted by Gasteiger charge is -2.38. The molecule has 2 N–H and O–H groups in total. The molecule has 2 aliphatic rings. The zero-order valence-corrected chi connectivity index (χ0v) is 14.4. The van der Waals surface area contributed by atoms with Gasteiger partial charge in [0.05, 0.1) is 12.0 Å². The lowest BCUT2D eigenvalue weighted by Crippen LogP contribution is -2.54. The minimum absolute atomic E-state index is 0.0416. The van der Waals surface area contributed by atoms with Crippen molar-refractivity contribution >= 4 is 12.0 Å². The molecule has 1 atom stereocenters. The van der Waals surface area contributed by atoms with Gasteiger partial charge in [-0.15, -0.1) is 0 Å². The van der Waals surface area contributed by atoms with Crippen molar-refractivity contribution in [2.24, 2.45) is 0 Å². The fourth-order valence-electron chi connectivity index (χ4n) is 2.96. The monoisotopic (exact) mass is 327 g/mol. The summed E-state index contributed by atoms with van der Waals surface area (Å²) >= 11 is 0. The van der Waals surface area contributed by atoms with Crippen LogP contribution in [0.3, 0.4) is 0 Å². The summed E-state index contributed by atoms with van der Waals surface area (Å²) in [4.78, 5) is 27.8. The number of carbonyl (C=O) groups is 2. The molecule has 7 heteroatoms. The number of β-amino-alcohol motifs (C(OH)–C–C–N with tert-alkyl or cyclic N) is 1. The second-order valence-electron chi connectivity index (χ2n) is 7.53. The van der Waals surface area contributed by atoms with Crippen molar-refractivity contribution in [2.45, 2.75) is 51.2 Å². The van der Waals surface area contributed by atoms with Crippen molar-refractivity contribution in [1.29, 1.82) is 0 Å². The van der Waals surface area contributed by atoms with Crippen LogP contribution in [0.15, 0.2) is 0 Å². The molecule has 0 bridgehead atoms. The summed E-state index contributed by atoms with van der Waals surface area (Å²) in [5.74, 6) is -0.0416. The van der Waals surface area contributed by atoms with E-state index in [1.54, 1.807) is 9.80 Å². The van der Waals surface area contributed by atoms with E-state index in [1.807, 2.05) is 20.8 Å². The molecular formula is C16H29N3O4. The van der Waals surface area contributed by atoms with Gasteiger partial charge in [-0.2, -0.15) is 0 Å². The smallest absolute Gasteiger partial charge is 0.410 e. The van der Waals surface area contributed by atoms with E-state index in [0.29, 0.717) is 39.1 Å². The van der Waals surface area contributed by atoms with E-state index < -0.39 is 11.2 Å². The van der Waals surface area contributed by atoms with Crippen LogP contribution in [0.1, 0.15) is 40.0 Å². The van der Waals surface area contributed by atoms with Crippen LogP contribution >= 0.6 is 0 Å². The SMILES string of the molecule is CC(C)(C)OC(=O)N1CCN(C(=O)C[C@@]2(O)CCCNC2)CC1. The number of ether oxygens (including phenoxy) is 1. The third-order valence-electron chi connectivity index (χ3n) is 4.21. The van der Waals surface area contributed by atoms with E-state index in [4.69, 9.17) is 4.74 Å². The van der Waals surface area contributed by atoms with Gasteiger partial charge in [0.25, 0.3) is 0 Å². The summed E-state index contributed by atoms with van der Waals surface area (Å²) in [5, 5.41) is 13.6. The Bertz CT molecular complexity index is 433. The van der Waals surface area contributed by atoms with Crippen LogP contribution in [0.5, 0.6) is 0 Å². The molecule has 0 aromatic carbocycles. The molecule has 0 radical (unpaired) electrons. The Morgan fingerprint density at radius 3 is 2.30 bits per heavy atom. The molecule has 7 nitrogen and oxygen atoms in total. The highest BCUT2D eigenvalue weighted by Gasteiger charge is 2.35. The van der Waals surface area contributed by atoms with Crippen LogP contribution in [0, 0.1) is 0 Å². The molecule has 2 fully saturated rings. The number of hydrogen-bond acceptors (Lipinski definition) is 5. The fraction of sp³-hybridized carbons (Fsp3) is 0.875. The number of aliphatic hydroxyl groups is 1. The van der Waals surface area contributed by atoms with E-state index in [-0.39, 0.29) is 18.4 Å². The predicted octanol–water partition coefficient (Wildman–Crippen LogP) is 0.570. The maximum atomic E-state index is 12.4. The summed E-state index contributed by atoms with van der Waals surface area (Å²) in [7, 11) is 0. The molecule has 0 aliphatic carbocycles. The Kier molecular flexibility index (Phi) is 5.52. The molecular weight excluding hydrogens is 298 g/mol. The van der Waals surface area contributed by atoms with Crippen molar-refractivity contribution in [3.63, 3.8) is 0 Å². The van der Waals surface area contributed by atoms with Crippen molar-refractivity contribution in [3.8, 4) is 0 Å². The van der Waals surface area contributed by atoms with Crippen molar-refractivity contribution in [3.05, 3.63) is 0 Å². The highest BCUT2D eigenvalue weighted by molar-refractivity contribution is 5.78. The Morgan fingerprint density at radius 2 is 1.78 bits per heavy atom. The fourth-order valence-corrected chi connectivity index (χ4v) is 2.96. The molecule has 23 heavy (non-hydrogen) atoms. The molecule has 0 aromatic rings. The van der Waals surface area contributed by atoms with E-state index >= 15 is 0 Å². The van der Waals surface area contributed by atoms with Gasteiger partial charge in [0.1, 0.15) is 5.60 Å². The van der Waals surface area contributed by atoms with Gasteiger partial charge in [-0.3, -0.25) is 4.79 Å². The zero-order chi connectivity index (χ0) is 17.1. The molecule has 0 aromatic heterocycles. The maximum Gasteiger partial charge on any atom is 0.410 e. The van der Waals surface area contributed by atoms with E-state index in [1.165, 1.54) is 0 Å². The summed E-state index contributed by atoms with van der Waals surface area (Å²) in [6.07, 6.45) is 1.35. The van der Waals surface area contributed by atoms with Crippen LogP contribution in [0.25, 0.3) is 0 Å². The highest BCUT2D eigenvalue weighted by Crippen LogP contribution is 2.21. The van der Waals surface area contributed by atoms with Gasteiger partial charge in [-0.05, 0) is 40.2 Å². The standard InChI is InChI=1S/C16H29N3O4/c1-15(2,3)23-14(21)19-9-7-18(8-10-19)13(20)11-16(22)5-4-6-17-12-16/h17,22H,4-12H2,1-3H3/t16-/m0/s1. The van der Waals surface area contributed by atoms with Gasteiger partial charge in [-0.1, -0.05) is 0 Å². The van der Waals surface area contributed by atoms with E-state index in [2.05, 4.69) is 5.32 Å². The van der Waals surface area contributed by atoms with E-state index in [0.717, 1.165) is 13.0 Å². The summed E-state index contributed by atoms with van der Waals surface area (Å²) < 4.78 is 5.35. The molecule has 2 saturated heterocycles. The number of nitrogens with zero attached hydrogens (tertiary/aromatic N) is 2. The molecule has 0 unspecified atom stereocenters. The van der Waals surface area contributed by atoms with Crippen LogP contribution in [0.4, 0.5) is 4.79 Å². The number of piperidine rings is 1. The maximum absolute atomic E-state index is 12.4. The molecule has 2 aliphatic heterocycles. The number of carbonyl (C=O) groups excluding carboxylic acids is 2. The van der Waals surface area contributed by atoms with Gasteiger partial charge in [-0.25, -0.2) is 4.79 Å². The quantitative estimate of drug-likeness (QED) is 0.775. The Hall–Kier alpha value is -1.34. The summed E-state index contributed by atoms with van der Waals surface area (Å²) in [6, 6.07) is 0. The minimum atomic E-state index is -0.933. The second-order valence-corrected chi connectivity index (χ2v) is 7.53. The minimum Gasteiger partial charge on any atom is -0.444 e. The van der Waals surface area contributed by atoms with Crippen LogP contribution in [-0.2, 0) is 9.53 Å². The first-order valence-corrected chi connectivity index (χ1v) is 8.37. The van der Waals surface area contributed by atoms with Crippen LogP contribution < -0.4 is 5.32 Å². The third kappa shape index (κ3) is 5.35. The first-order chi connectivity index (χ1) is 10.7. The molecule has 132 valence electrons. The number of hydrogen-bond donors (Lipinski definition) is 2. The van der Waals surface area contributed by atoms with Crippen molar-refractivity contribution in [2.75, 3.05) is 39.3 Å². The number of piperazine rings is 1. The molecule has 2 rings (SSSR count). The average molecular weight is 327 g/mol. The topological polar surface area (TPSA) is 82.1 Å².